The molecule has 0 aliphatic carbocycles. The van der Waals surface area contributed by atoms with Crippen LogP contribution in [-0.4, -0.2) is 65.9 Å². The lowest BCUT2D eigenvalue weighted by Gasteiger charge is -2.30. The molecule has 0 amide bonds. The Bertz CT molecular complexity index is 474. The van der Waals surface area contributed by atoms with Gasteiger partial charge in [-0.1, -0.05) is 6.92 Å². The predicted octanol–water partition coefficient (Wildman–Crippen LogP) is 0.965. The number of piperidine rings is 1. The van der Waals surface area contributed by atoms with Gasteiger partial charge in [0.15, 0.2) is 5.96 Å². The first kappa shape index (κ1) is 20.1. The molecular formula is C15H30IN7. The summed E-state index contributed by atoms with van der Waals surface area (Å²) >= 11 is 0. The fourth-order valence-corrected chi connectivity index (χ4v) is 2.94. The van der Waals surface area contributed by atoms with Gasteiger partial charge in [0.1, 0.15) is 12.2 Å². The van der Waals surface area contributed by atoms with E-state index in [1.165, 1.54) is 25.9 Å². The molecule has 1 aliphatic rings. The van der Waals surface area contributed by atoms with Crippen molar-refractivity contribution in [2.24, 2.45) is 10.9 Å². The van der Waals surface area contributed by atoms with Crippen LogP contribution in [-0.2, 0) is 13.0 Å². The Morgan fingerprint density at radius 3 is 2.96 bits per heavy atom. The zero-order chi connectivity index (χ0) is 15.8. The summed E-state index contributed by atoms with van der Waals surface area (Å²) in [4.78, 5) is 6.70. The molecule has 0 aromatic carbocycles. The van der Waals surface area contributed by atoms with E-state index in [-0.39, 0.29) is 24.0 Å². The van der Waals surface area contributed by atoms with E-state index in [0.29, 0.717) is 5.92 Å². The number of guanidine groups is 1. The molecule has 0 spiro atoms. The van der Waals surface area contributed by atoms with Crippen molar-refractivity contribution in [3.63, 3.8) is 0 Å². The monoisotopic (exact) mass is 435 g/mol. The summed E-state index contributed by atoms with van der Waals surface area (Å²) < 4.78 is 2.08. The van der Waals surface area contributed by atoms with Gasteiger partial charge in [-0.25, -0.2) is 0 Å². The second kappa shape index (κ2) is 10.8. The molecule has 1 atom stereocenters. The number of hydrogen-bond acceptors (Lipinski definition) is 4. The van der Waals surface area contributed by atoms with Gasteiger partial charge < -0.3 is 20.1 Å². The van der Waals surface area contributed by atoms with Gasteiger partial charge in [-0.05, 0) is 32.4 Å². The number of likely N-dealkylation sites (tertiary alicyclic amines) is 1. The summed E-state index contributed by atoms with van der Waals surface area (Å²) in [5.74, 6) is 2.61. The number of rotatable bonds is 6. The molecule has 1 aromatic rings. The molecule has 2 rings (SSSR count). The molecule has 1 aliphatic heterocycles. The van der Waals surface area contributed by atoms with Crippen molar-refractivity contribution >= 4 is 29.9 Å². The molecule has 2 heterocycles. The molecule has 1 fully saturated rings. The van der Waals surface area contributed by atoms with Crippen molar-refractivity contribution in [1.82, 2.24) is 30.3 Å². The zero-order valence-electron chi connectivity index (χ0n) is 14.5. The van der Waals surface area contributed by atoms with Crippen LogP contribution < -0.4 is 10.6 Å². The molecule has 0 radical (unpaired) electrons. The van der Waals surface area contributed by atoms with Crippen LogP contribution in [0.2, 0.25) is 0 Å². The van der Waals surface area contributed by atoms with Crippen LogP contribution >= 0.6 is 24.0 Å². The van der Waals surface area contributed by atoms with Gasteiger partial charge in [0.25, 0.3) is 0 Å². The normalized spacial score (nSPS) is 19.3. The zero-order valence-corrected chi connectivity index (χ0v) is 16.8. The lowest BCUT2D eigenvalue weighted by molar-refractivity contribution is 0.210. The number of aliphatic imine (C=N–C) groups is 1. The van der Waals surface area contributed by atoms with Gasteiger partial charge in [-0.15, -0.1) is 34.2 Å². The maximum atomic E-state index is 4.29. The van der Waals surface area contributed by atoms with Crippen LogP contribution in [0.25, 0.3) is 0 Å². The molecule has 0 saturated carbocycles. The summed E-state index contributed by atoms with van der Waals surface area (Å²) in [6.07, 6.45) is 5.29. The Labute approximate surface area is 156 Å². The summed E-state index contributed by atoms with van der Waals surface area (Å²) in [6.45, 7) is 7.14. The molecular weight excluding hydrogens is 405 g/mol. The van der Waals surface area contributed by atoms with Gasteiger partial charge in [0.2, 0.25) is 0 Å². The average Bonchev–Trinajstić information content (AvgIpc) is 2.98. The third-order valence-electron chi connectivity index (χ3n) is 4.16. The third-order valence-corrected chi connectivity index (χ3v) is 4.16. The average molecular weight is 435 g/mol. The van der Waals surface area contributed by atoms with Gasteiger partial charge in [0, 0.05) is 39.6 Å². The Morgan fingerprint density at radius 2 is 2.26 bits per heavy atom. The quantitative estimate of drug-likeness (QED) is 0.396. The first-order chi connectivity index (χ1) is 10.7. The fraction of sp³-hybridized carbons (Fsp3) is 0.800. The molecule has 0 bridgehead atoms. The third kappa shape index (κ3) is 6.62. The summed E-state index contributed by atoms with van der Waals surface area (Å²) in [7, 11) is 4.02. The van der Waals surface area contributed by atoms with Gasteiger partial charge in [-0.2, -0.15) is 0 Å². The van der Waals surface area contributed by atoms with Crippen molar-refractivity contribution < 1.29 is 0 Å². The Morgan fingerprint density at radius 1 is 1.43 bits per heavy atom. The number of hydrogen-bond donors (Lipinski definition) is 2. The molecule has 132 valence electrons. The number of nitrogens with zero attached hydrogens (tertiary/aromatic N) is 5. The number of nitrogens with one attached hydrogen (secondary N) is 2. The number of aromatic nitrogens is 3. The first-order valence-corrected chi connectivity index (χ1v) is 8.22. The summed E-state index contributed by atoms with van der Waals surface area (Å²) in [5.41, 5.74) is 0. The van der Waals surface area contributed by atoms with E-state index in [4.69, 9.17) is 0 Å². The van der Waals surface area contributed by atoms with Gasteiger partial charge in [0.05, 0.1) is 0 Å². The Hall–Kier alpha value is -0.900. The van der Waals surface area contributed by atoms with E-state index >= 15 is 0 Å². The van der Waals surface area contributed by atoms with Crippen molar-refractivity contribution in [1.29, 1.82) is 0 Å². The van der Waals surface area contributed by atoms with Crippen LogP contribution in [0.3, 0.4) is 0 Å². The second-order valence-corrected chi connectivity index (χ2v) is 5.94. The number of halogens is 1. The maximum absolute atomic E-state index is 4.29. The molecule has 8 heteroatoms. The largest absolute Gasteiger partial charge is 0.356 e. The van der Waals surface area contributed by atoms with E-state index in [0.717, 1.165) is 37.8 Å². The minimum atomic E-state index is 0. The van der Waals surface area contributed by atoms with E-state index in [9.17, 15) is 0 Å². The molecule has 1 saturated heterocycles. The highest BCUT2D eigenvalue weighted by atomic mass is 127. The van der Waals surface area contributed by atoms with Crippen LogP contribution in [0.1, 0.15) is 25.6 Å². The number of aryl methyl sites for hydroxylation is 1. The van der Waals surface area contributed by atoms with Crippen LogP contribution in [0.5, 0.6) is 0 Å². The predicted molar refractivity (Wildman–Crippen MR) is 104 cm³/mol. The highest BCUT2D eigenvalue weighted by Crippen LogP contribution is 2.13. The van der Waals surface area contributed by atoms with Crippen LogP contribution in [0, 0.1) is 5.92 Å². The summed E-state index contributed by atoms with van der Waals surface area (Å²) in [6, 6.07) is 0. The van der Waals surface area contributed by atoms with Crippen molar-refractivity contribution in [3.8, 4) is 0 Å². The van der Waals surface area contributed by atoms with Gasteiger partial charge >= 0.3 is 0 Å². The molecule has 1 aromatic heterocycles. The van der Waals surface area contributed by atoms with Crippen molar-refractivity contribution in [2.75, 3.05) is 40.3 Å². The highest BCUT2D eigenvalue weighted by molar-refractivity contribution is 14.0. The highest BCUT2D eigenvalue weighted by Gasteiger charge is 2.17. The molecule has 2 N–H and O–H groups in total. The molecule has 7 nitrogen and oxygen atoms in total. The first-order valence-electron chi connectivity index (χ1n) is 8.22. The smallest absolute Gasteiger partial charge is 0.191 e. The van der Waals surface area contributed by atoms with Crippen LogP contribution in [0.4, 0.5) is 0 Å². The minimum absolute atomic E-state index is 0. The second-order valence-electron chi connectivity index (χ2n) is 5.94. The molecule has 23 heavy (non-hydrogen) atoms. The van der Waals surface area contributed by atoms with Gasteiger partial charge in [-0.3, -0.25) is 4.99 Å². The van der Waals surface area contributed by atoms with Crippen LogP contribution in [0.15, 0.2) is 11.3 Å². The minimum Gasteiger partial charge on any atom is -0.356 e. The summed E-state index contributed by atoms with van der Waals surface area (Å²) in [5, 5.41) is 14.8. The maximum Gasteiger partial charge on any atom is 0.191 e. The fourth-order valence-electron chi connectivity index (χ4n) is 2.94. The van der Waals surface area contributed by atoms with E-state index < -0.39 is 0 Å². The van der Waals surface area contributed by atoms with E-state index in [2.05, 4.69) is 49.3 Å². The Kier molecular flexibility index (Phi) is 9.46. The van der Waals surface area contributed by atoms with Crippen molar-refractivity contribution in [3.05, 3.63) is 12.2 Å². The van der Waals surface area contributed by atoms with E-state index in [1.54, 1.807) is 6.33 Å². The molecule has 1 unspecified atom stereocenters. The topological polar surface area (TPSA) is 70.4 Å². The Balaban J connectivity index is 0.00000264. The standard InChI is InChI=1S/C15H29N7.HI/c1-4-14-20-19-12-22(14)9-7-17-15(16-2)18-10-13-6-5-8-21(3)11-13;/h12-13H,4-11H2,1-3H3,(H2,16,17,18);1H. The lowest BCUT2D eigenvalue weighted by Crippen LogP contribution is -2.44. The van der Waals surface area contributed by atoms with Crippen molar-refractivity contribution in [2.45, 2.75) is 32.7 Å². The van der Waals surface area contributed by atoms with E-state index in [1.807, 2.05) is 7.05 Å². The SMILES string of the molecule is CCc1nncn1CCNC(=NC)NCC1CCCN(C)C1.I. The lowest BCUT2D eigenvalue weighted by atomic mass is 9.99.